The highest BCUT2D eigenvalue weighted by atomic mass is 79.9. The zero-order valence-corrected chi connectivity index (χ0v) is 18.7. The van der Waals surface area contributed by atoms with Crippen LogP contribution in [0.5, 0.6) is 11.5 Å². The molecule has 8 heteroatoms. The first kappa shape index (κ1) is 20.5. The number of carbonyl (C=O) groups excluding carboxylic acids is 1. The minimum atomic E-state index is -0.0806. The summed E-state index contributed by atoms with van der Waals surface area (Å²) >= 11 is 3.49. The molecule has 1 saturated heterocycles. The highest BCUT2D eigenvalue weighted by Crippen LogP contribution is 2.27. The topological polar surface area (TPSA) is 79.5 Å². The van der Waals surface area contributed by atoms with E-state index in [1.54, 1.807) is 14.2 Å². The van der Waals surface area contributed by atoms with Crippen LogP contribution in [0.2, 0.25) is 0 Å². The van der Waals surface area contributed by atoms with Gasteiger partial charge in [0.25, 0.3) is 0 Å². The van der Waals surface area contributed by atoms with Gasteiger partial charge in [0.1, 0.15) is 11.5 Å². The third-order valence-corrected chi connectivity index (χ3v) is 5.96. The summed E-state index contributed by atoms with van der Waals surface area (Å²) in [5.74, 6) is 2.22. The fraction of sp³-hybridized carbons (Fsp3) is 0.364. The summed E-state index contributed by atoms with van der Waals surface area (Å²) in [6.45, 7) is 1.95. The Morgan fingerprint density at radius 1 is 1.27 bits per heavy atom. The van der Waals surface area contributed by atoms with Crippen molar-refractivity contribution in [2.24, 2.45) is 5.92 Å². The molecule has 2 aromatic carbocycles. The lowest BCUT2D eigenvalue weighted by atomic mass is 9.97. The van der Waals surface area contributed by atoms with Gasteiger partial charge in [-0.05, 0) is 43.2 Å². The van der Waals surface area contributed by atoms with Crippen LogP contribution in [0.15, 0.2) is 40.9 Å². The summed E-state index contributed by atoms with van der Waals surface area (Å²) in [5, 5.41) is 3.06. The number of piperidine rings is 1. The molecule has 7 nitrogen and oxygen atoms in total. The van der Waals surface area contributed by atoms with Crippen molar-refractivity contribution in [1.82, 2.24) is 15.3 Å². The van der Waals surface area contributed by atoms with E-state index >= 15 is 0 Å². The van der Waals surface area contributed by atoms with E-state index in [4.69, 9.17) is 14.5 Å². The number of imidazole rings is 1. The molecule has 0 saturated carbocycles. The van der Waals surface area contributed by atoms with Crippen LogP contribution in [-0.2, 0) is 11.3 Å². The third-order valence-electron chi connectivity index (χ3n) is 5.47. The molecule has 1 unspecified atom stereocenters. The number of ether oxygens (including phenoxy) is 2. The Bertz CT molecular complexity index is 1050. The van der Waals surface area contributed by atoms with Gasteiger partial charge in [-0.25, -0.2) is 4.98 Å². The number of fused-ring (bicyclic) bond motifs is 1. The molecule has 1 amide bonds. The molecular formula is C22H25BrN4O3. The molecule has 1 aromatic heterocycles. The summed E-state index contributed by atoms with van der Waals surface area (Å²) in [5.41, 5.74) is 2.83. The van der Waals surface area contributed by atoms with Crippen LogP contribution in [0, 0.1) is 5.92 Å². The van der Waals surface area contributed by atoms with Gasteiger partial charge in [0.05, 0.1) is 31.2 Å². The van der Waals surface area contributed by atoms with Gasteiger partial charge < -0.3 is 24.7 Å². The number of carbonyl (C=O) groups is 1. The van der Waals surface area contributed by atoms with Crippen molar-refractivity contribution in [3.8, 4) is 11.5 Å². The van der Waals surface area contributed by atoms with E-state index in [1.165, 1.54) is 0 Å². The number of halogens is 1. The van der Waals surface area contributed by atoms with E-state index in [2.05, 4.69) is 31.1 Å². The van der Waals surface area contributed by atoms with Gasteiger partial charge in [0.2, 0.25) is 11.9 Å². The number of aromatic nitrogens is 2. The van der Waals surface area contributed by atoms with Gasteiger partial charge in [-0.1, -0.05) is 15.9 Å². The zero-order chi connectivity index (χ0) is 21.1. The maximum absolute atomic E-state index is 12.8. The first-order valence-corrected chi connectivity index (χ1v) is 10.8. The summed E-state index contributed by atoms with van der Waals surface area (Å²) in [4.78, 5) is 23.1. The SMILES string of the molecule is COc1ccc(CNC(=O)C2CCCN(c3nc4ccc(Br)cc4[nH]3)C2)c(OC)c1. The molecule has 1 atom stereocenters. The predicted molar refractivity (Wildman–Crippen MR) is 120 cm³/mol. The van der Waals surface area contributed by atoms with Crippen LogP contribution in [0.1, 0.15) is 18.4 Å². The lowest BCUT2D eigenvalue weighted by Crippen LogP contribution is -2.43. The number of H-pyrrole nitrogens is 1. The molecule has 0 aliphatic carbocycles. The van der Waals surface area contributed by atoms with Gasteiger partial charge >= 0.3 is 0 Å². The van der Waals surface area contributed by atoms with Crippen LogP contribution in [-0.4, -0.2) is 43.2 Å². The van der Waals surface area contributed by atoms with Crippen LogP contribution >= 0.6 is 15.9 Å². The Morgan fingerprint density at radius 3 is 2.93 bits per heavy atom. The van der Waals surface area contributed by atoms with Gasteiger partial charge in [-0.2, -0.15) is 0 Å². The summed E-state index contributed by atoms with van der Waals surface area (Å²) in [7, 11) is 3.23. The maximum atomic E-state index is 12.8. The van der Waals surface area contributed by atoms with Gasteiger partial charge in [-0.3, -0.25) is 4.79 Å². The highest BCUT2D eigenvalue weighted by Gasteiger charge is 2.27. The lowest BCUT2D eigenvalue weighted by molar-refractivity contribution is -0.125. The molecule has 1 aliphatic heterocycles. The number of amides is 1. The fourth-order valence-electron chi connectivity index (χ4n) is 3.83. The second kappa shape index (κ2) is 8.95. The molecule has 158 valence electrons. The molecule has 2 heterocycles. The van der Waals surface area contributed by atoms with Crippen molar-refractivity contribution >= 4 is 38.8 Å². The van der Waals surface area contributed by atoms with E-state index < -0.39 is 0 Å². The molecule has 3 aromatic rings. The number of nitrogens with one attached hydrogen (secondary N) is 2. The number of benzene rings is 2. The van der Waals surface area contributed by atoms with Crippen molar-refractivity contribution in [3.05, 3.63) is 46.4 Å². The van der Waals surface area contributed by atoms with E-state index in [-0.39, 0.29) is 11.8 Å². The standard InChI is InChI=1S/C22H25BrN4O3/c1-29-17-7-5-14(20(11-17)30-2)12-24-21(28)15-4-3-9-27(13-15)22-25-18-8-6-16(23)10-19(18)26-22/h5-8,10-11,15H,3-4,9,12-13H2,1-2H3,(H,24,28)(H,25,26). The lowest BCUT2D eigenvalue weighted by Gasteiger charge is -2.31. The predicted octanol–water partition coefficient (Wildman–Crippen LogP) is 3.88. The second-order valence-electron chi connectivity index (χ2n) is 7.40. The summed E-state index contributed by atoms with van der Waals surface area (Å²) in [6, 6.07) is 11.6. The smallest absolute Gasteiger partial charge is 0.225 e. The van der Waals surface area contributed by atoms with Crippen molar-refractivity contribution < 1.29 is 14.3 Å². The zero-order valence-electron chi connectivity index (χ0n) is 17.1. The van der Waals surface area contributed by atoms with Crippen molar-refractivity contribution in [1.29, 1.82) is 0 Å². The molecule has 30 heavy (non-hydrogen) atoms. The molecular weight excluding hydrogens is 448 g/mol. The van der Waals surface area contributed by atoms with Crippen molar-refractivity contribution in [2.75, 3.05) is 32.2 Å². The van der Waals surface area contributed by atoms with Crippen LogP contribution in [0.3, 0.4) is 0 Å². The first-order valence-electron chi connectivity index (χ1n) is 9.96. The van der Waals surface area contributed by atoms with Crippen LogP contribution < -0.4 is 19.7 Å². The first-order chi connectivity index (χ1) is 14.6. The Hall–Kier alpha value is -2.74. The average molecular weight is 473 g/mol. The molecule has 2 N–H and O–H groups in total. The number of aromatic amines is 1. The number of methoxy groups -OCH3 is 2. The minimum Gasteiger partial charge on any atom is -0.497 e. The van der Waals surface area contributed by atoms with E-state index in [9.17, 15) is 4.79 Å². The van der Waals surface area contributed by atoms with Crippen molar-refractivity contribution in [3.63, 3.8) is 0 Å². The normalized spacial score (nSPS) is 16.5. The summed E-state index contributed by atoms with van der Waals surface area (Å²) in [6.07, 6.45) is 1.82. The molecule has 0 bridgehead atoms. The largest absolute Gasteiger partial charge is 0.497 e. The third kappa shape index (κ3) is 4.38. The molecule has 1 fully saturated rings. The van der Waals surface area contributed by atoms with Gasteiger partial charge in [0, 0.05) is 35.7 Å². The quantitative estimate of drug-likeness (QED) is 0.568. The number of nitrogens with zero attached hydrogens (tertiary/aromatic N) is 2. The molecule has 0 radical (unpaired) electrons. The monoisotopic (exact) mass is 472 g/mol. The molecule has 1 aliphatic rings. The maximum Gasteiger partial charge on any atom is 0.225 e. The van der Waals surface area contributed by atoms with Crippen molar-refractivity contribution in [2.45, 2.75) is 19.4 Å². The fourth-order valence-corrected chi connectivity index (χ4v) is 4.19. The number of hydrogen-bond acceptors (Lipinski definition) is 5. The highest BCUT2D eigenvalue weighted by molar-refractivity contribution is 9.10. The van der Waals surface area contributed by atoms with Crippen LogP contribution in [0.25, 0.3) is 11.0 Å². The molecule has 0 spiro atoms. The Labute approximate surface area is 183 Å². The molecule has 4 rings (SSSR count). The van der Waals surface area contributed by atoms with E-state index in [1.807, 2.05) is 36.4 Å². The number of rotatable bonds is 6. The van der Waals surface area contributed by atoms with Gasteiger partial charge in [-0.15, -0.1) is 0 Å². The van der Waals surface area contributed by atoms with Gasteiger partial charge in [0.15, 0.2) is 0 Å². The van der Waals surface area contributed by atoms with Crippen LogP contribution in [0.4, 0.5) is 5.95 Å². The average Bonchev–Trinajstić information content (AvgIpc) is 3.20. The Balaban J connectivity index is 1.41. The van der Waals surface area contributed by atoms with E-state index in [0.717, 1.165) is 52.2 Å². The minimum absolute atomic E-state index is 0.0522. The van der Waals surface area contributed by atoms with E-state index in [0.29, 0.717) is 18.8 Å². The Morgan fingerprint density at radius 2 is 2.13 bits per heavy atom. The number of anilines is 1. The Kier molecular flexibility index (Phi) is 6.13. The second-order valence-corrected chi connectivity index (χ2v) is 8.32. The summed E-state index contributed by atoms with van der Waals surface area (Å²) < 4.78 is 11.7. The number of hydrogen-bond donors (Lipinski definition) is 2.